The lowest BCUT2D eigenvalue weighted by Gasteiger charge is -2.38. The molecular formula is C28H30F2N6O4. The fourth-order valence-electron chi connectivity index (χ4n) is 6.11. The van der Waals surface area contributed by atoms with Crippen LogP contribution in [0.1, 0.15) is 59.1 Å². The number of nitrogens with zero attached hydrogens (tertiary/aromatic N) is 4. The Bertz CT molecular complexity index is 1460. The Balaban J connectivity index is 1.28. The molecule has 4 unspecified atom stereocenters. The summed E-state index contributed by atoms with van der Waals surface area (Å²) in [6.45, 7) is 5.80. The third-order valence-electron chi connectivity index (χ3n) is 8.12. The molecule has 10 nitrogen and oxygen atoms in total. The molecule has 210 valence electrons. The number of ether oxygens (including phenoxy) is 1. The van der Waals surface area contributed by atoms with Gasteiger partial charge in [0, 0.05) is 18.7 Å². The van der Waals surface area contributed by atoms with E-state index in [1.54, 1.807) is 6.08 Å². The number of esters is 1. The number of rotatable bonds is 8. The fraction of sp³-hybridized carbons (Fsp3) is 0.429. The van der Waals surface area contributed by atoms with Crippen LogP contribution in [0.25, 0.3) is 5.78 Å². The average Bonchev–Trinajstić information content (AvgIpc) is 3.59. The van der Waals surface area contributed by atoms with E-state index in [1.807, 2.05) is 0 Å². The smallest absolute Gasteiger partial charge is 0.309 e. The molecule has 2 saturated carbocycles. The van der Waals surface area contributed by atoms with Crippen molar-refractivity contribution in [2.24, 2.45) is 23.7 Å². The maximum absolute atomic E-state index is 13.5. The van der Waals surface area contributed by atoms with Crippen LogP contribution < -0.4 is 10.6 Å². The first-order chi connectivity index (χ1) is 19.3. The van der Waals surface area contributed by atoms with Crippen molar-refractivity contribution in [2.75, 3.05) is 6.61 Å². The van der Waals surface area contributed by atoms with Crippen molar-refractivity contribution in [3.63, 3.8) is 0 Å². The molecule has 0 radical (unpaired) electrons. The third kappa shape index (κ3) is 5.43. The van der Waals surface area contributed by atoms with Crippen molar-refractivity contribution in [1.82, 2.24) is 30.2 Å². The Kier molecular flexibility index (Phi) is 7.85. The van der Waals surface area contributed by atoms with Crippen molar-refractivity contribution in [3.05, 3.63) is 71.8 Å². The molecule has 12 heteroatoms. The molecule has 0 saturated heterocycles. The molecule has 0 aliphatic heterocycles. The van der Waals surface area contributed by atoms with Gasteiger partial charge in [0.1, 0.15) is 24.3 Å². The van der Waals surface area contributed by atoms with Gasteiger partial charge in [0.2, 0.25) is 0 Å². The van der Waals surface area contributed by atoms with Gasteiger partial charge < -0.3 is 15.4 Å². The quantitative estimate of drug-likeness (QED) is 0.324. The van der Waals surface area contributed by atoms with Gasteiger partial charge in [-0.05, 0) is 61.1 Å². The van der Waals surface area contributed by atoms with Crippen molar-refractivity contribution in [1.29, 1.82) is 0 Å². The summed E-state index contributed by atoms with van der Waals surface area (Å²) in [5.74, 6) is -2.69. The molecule has 3 aromatic rings. The van der Waals surface area contributed by atoms with Crippen LogP contribution in [0.15, 0.2) is 43.2 Å². The fourth-order valence-corrected chi connectivity index (χ4v) is 6.11. The average molecular weight is 553 g/mol. The molecular weight excluding hydrogens is 522 g/mol. The predicted octanol–water partition coefficient (Wildman–Crippen LogP) is 3.23. The lowest BCUT2D eigenvalue weighted by Crippen LogP contribution is -2.44. The number of amides is 2. The van der Waals surface area contributed by atoms with Crippen LogP contribution in [-0.4, -0.2) is 50.0 Å². The van der Waals surface area contributed by atoms with E-state index in [0.717, 1.165) is 31.4 Å². The second kappa shape index (κ2) is 11.5. The summed E-state index contributed by atoms with van der Waals surface area (Å²) in [6.07, 6.45) is 5.93. The summed E-state index contributed by atoms with van der Waals surface area (Å²) in [6, 6.07) is 4.58. The Morgan fingerprint density at radius 3 is 2.67 bits per heavy atom. The number of fused-ring (bicyclic) bond motifs is 2. The number of carbonyl (C=O) groups excluding carboxylic acids is 3. The SMILES string of the molecule is C=CCOC(=O)C1CCC2C(CC[C@@H]2NC(=O)c2cc(C(=O)NCc3ccc(F)c(F)c3)nc3ncnn23)C1C. The number of carbonyl (C=O) groups is 3. The number of halogens is 2. The normalized spacial score (nSPS) is 23.8. The van der Waals surface area contributed by atoms with Crippen molar-refractivity contribution >= 4 is 23.6 Å². The summed E-state index contributed by atoms with van der Waals surface area (Å²) in [5, 5.41) is 9.81. The Hall–Kier alpha value is -4.22. The standard InChI is InChI=1S/C28H30F2N6O4/c1-3-10-40-27(39)18-5-6-19-17(15(18)2)7-9-22(19)34-26(38)24-12-23(35-28-32-14-33-36(24)28)25(37)31-13-16-4-8-20(29)21(30)11-16/h3-4,8,11-12,14-15,17-19,22H,1,5-7,9-10,13H2,2H3,(H,31,37)(H,34,38)/t15?,17?,18?,19?,22-/m0/s1. The minimum absolute atomic E-state index is 0.0651. The van der Waals surface area contributed by atoms with Crippen molar-refractivity contribution in [3.8, 4) is 0 Å². The summed E-state index contributed by atoms with van der Waals surface area (Å²) >= 11 is 0. The van der Waals surface area contributed by atoms with E-state index >= 15 is 0 Å². The van der Waals surface area contributed by atoms with E-state index in [4.69, 9.17) is 4.74 Å². The van der Waals surface area contributed by atoms with Gasteiger partial charge in [0.05, 0.1) is 5.92 Å². The van der Waals surface area contributed by atoms with E-state index in [-0.39, 0.29) is 66.0 Å². The monoisotopic (exact) mass is 552 g/mol. The van der Waals surface area contributed by atoms with Gasteiger partial charge in [-0.3, -0.25) is 14.4 Å². The van der Waals surface area contributed by atoms with Gasteiger partial charge >= 0.3 is 5.97 Å². The molecule has 2 heterocycles. The zero-order chi connectivity index (χ0) is 28.4. The van der Waals surface area contributed by atoms with Crippen LogP contribution in [0.4, 0.5) is 8.78 Å². The molecule has 2 aromatic heterocycles. The minimum Gasteiger partial charge on any atom is -0.461 e. The highest BCUT2D eigenvalue weighted by atomic mass is 19.2. The van der Waals surface area contributed by atoms with Crippen LogP contribution in [0.2, 0.25) is 0 Å². The van der Waals surface area contributed by atoms with Crippen LogP contribution in [0, 0.1) is 35.3 Å². The van der Waals surface area contributed by atoms with Gasteiger partial charge in [0.25, 0.3) is 17.6 Å². The first-order valence-electron chi connectivity index (χ1n) is 13.3. The van der Waals surface area contributed by atoms with E-state index in [1.165, 1.54) is 23.0 Å². The molecule has 2 aliphatic rings. The van der Waals surface area contributed by atoms with Crippen LogP contribution >= 0.6 is 0 Å². The molecule has 2 fully saturated rings. The van der Waals surface area contributed by atoms with E-state index in [2.05, 4.69) is 39.2 Å². The molecule has 40 heavy (non-hydrogen) atoms. The second-order valence-electron chi connectivity index (χ2n) is 10.4. The Labute approximate surface area is 229 Å². The zero-order valence-electron chi connectivity index (χ0n) is 22.0. The topological polar surface area (TPSA) is 128 Å². The van der Waals surface area contributed by atoms with Gasteiger partial charge in [0.15, 0.2) is 11.6 Å². The van der Waals surface area contributed by atoms with Gasteiger partial charge in [-0.2, -0.15) is 14.6 Å². The minimum atomic E-state index is -1.02. The highest BCUT2D eigenvalue weighted by molar-refractivity contribution is 5.98. The lowest BCUT2D eigenvalue weighted by molar-refractivity contribution is -0.152. The van der Waals surface area contributed by atoms with E-state index < -0.39 is 23.4 Å². The van der Waals surface area contributed by atoms with Crippen LogP contribution in [0.5, 0.6) is 0 Å². The van der Waals surface area contributed by atoms with Gasteiger partial charge in [-0.25, -0.2) is 13.8 Å². The van der Waals surface area contributed by atoms with E-state index in [0.29, 0.717) is 12.0 Å². The van der Waals surface area contributed by atoms with Crippen LogP contribution in [-0.2, 0) is 16.1 Å². The zero-order valence-corrected chi connectivity index (χ0v) is 22.0. The summed E-state index contributed by atoms with van der Waals surface area (Å²) in [7, 11) is 0. The molecule has 0 spiro atoms. The van der Waals surface area contributed by atoms with Gasteiger partial charge in [-0.15, -0.1) is 0 Å². The molecule has 2 N–H and O–H groups in total. The number of hydrogen-bond donors (Lipinski definition) is 2. The third-order valence-corrected chi connectivity index (χ3v) is 8.12. The second-order valence-corrected chi connectivity index (χ2v) is 10.4. The Morgan fingerprint density at radius 2 is 1.90 bits per heavy atom. The highest BCUT2D eigenvalue weighted by Crippen LogP contribution is 2.48. The summed E-state index contributed by atoms with van der Waals surface area (Å²) in [4.78, 5) is 47.1. The molecule has 5 atom stereocenters. The molecule has 2 aliphatic carbocycles. The predicted molar refractivity (Wildman–Crippen MR) is 139 cm³/mol. The number of aromatic nitrogens is 4. The maximum Gasteiger partial charge on any atom is 0.309 e. The maximum atomic E-state index is 13.5. The number of nitrogens with one attached hydrogen (secondary N) is 2. The van der Waals surface area contributed by atoms with Crippen molar-refractivity contribution in [2.45, 2.75) is 45.2 Å². The van der Waals surface area contributed by atoms with Crippen molar-refractivity contribution < 1.29 is 27.9 Å². The molecule has 5 rings (SSSR count). The Morgan fingerprint density at radius 1 is 1.10 bits per heavy atom. The summed E-state index contributed by atoms with van der Waals surface area (Å²) in [5.41, 5.74) is 0.394. The van der Waals surface area contributed by atoms with E-state index in [9.17, 15) is 23.2 Å². The largest absolute Gasteiger partial charge is 0.461 e. The first-order valence-corrected chi connectivity index (χ1v) is 13.3. The molecule has 0 bridgehead atoms. The molecule has 2 amide bonds. The van der Waals surface area contributed by atoms with Crippen LogP contribution in [0.3, 0.4) is 0 Å². The number of benzene rings is 1. The first kappa shape index (κ1) is 27.4. The number of hydrogen-bond acceptors (Lipinski definition) is 7. The highest BCUT2D eigenvalue weighted by Gasteiger charge is 2.47. The van der Waals surface area contributed by atoms with Gasteiger partial charge in [-0.1, -0.05) is 25.6 Å². The lowest BCUT2D eigenvalue weighted by atomic mass is 9.68. The summed E-state index contributed by atoms with van der Waals surface area (Å²) < 4.78 is 33.3. The molecule has 1 aromatic carbocycles.